The van der Waals surface area contributed by atoms with Crippen molar-refractivity contribution < 1.29 is 13.2 Å². The molecule has 3 rings (SSSR count). The average Bonchev–Trinajstić information content (AvgIpc) is 3.14. The maximum absolute atomic E-state index is 12.7. The molecule has 6 nitrogen and oxygen atoms in total. The van der Waals surface area contributed by atoms with Crippen molar-refractivity contribution in [3.05, 3.63) is 54.1 Å². The molecule has 1 saturated heterocycles. The van der Waals surface area contributed by atoms with Gasteiger partial charge in [-0.2, -0.15) is 0 Å². The minimum atomic E-state index is -3.07. The Morgan fingerprint density at radius 3 is 2.41 bits per heavy atom. The van der Waals surface area contributed by atoms with Gasteiger partial charge in [0.1, 0.15) is 0 Å². The lowest BCUT2D eigenvalue weighted by Crippen LogP contribution is -2.43. The third kappa shape index (κ3) is 4.97. The number of piperidine rings is 1. The van der Waals surface area contributed by atoms with Gasteiger partial charge in [-0.25, -0.2) is 13.4 Å². The molecule has 0 radical (unpaired) electrons. The molecule has 2 aromatic rings. The molecule has 1 aromatic heterocycles. The Hall–Kier alpha value is -2.15. The number of amides is 1. The summed E-state index contributed by atoms with van der Waals surface area (Å²) in [6, 6.07) is 7.59. The largest absolute Gasteiger partial charge is 0.339 e. The molecule has 0 unspecified atom stereocenters. The van der Waals surface area contributed by atoms with Gasteiger partial charge in [-0.1, -0.05) is 26.0 Å². The van der Waals surface area contributed by atoms with Gasteiger partial charge in [-0.15, -0.1) is 0 Å². The summed E-state index contributed by atoms with van der Waals surface area (Å²) < 4.78 is 26.8. The van der Waals surface area contributed by atoms with Crippen LogP contribution in [0.1, 0.15) is 42.6 Å². The van der Waals surface area contributed by atoms with Crippen LogP contribution in [-0.4, -0.2) is 52.9 Å². The number of carbonyl (C=O) groups excluding carboxylic acids is 1. The molecular weight excluding hydrogens is 362 g/mol. The van der Waals surface area contributed by atoms with E-state index < -0.39 is 9.84 Å². The van der Waals surface area contributed by atoms with Crippen molar-refractivity contribution in [2.45, 2.75) is 38.5 Å². The first-order chi connectivity index (χ1) is 12.8. The van der Waals surface area contributed by atoms with E-state index in [4.69, 9.17) is 0 Å². The highest BCUT2D eigenvalue weighted by molar-refractivity contribution is 7.92. The van der Waals surface area contributed by atoms with Crippen LogP contribution in [0.4, 0.5) is 0 Å². The van der Waals surface area contributed by atoms with E-state index >= 15 is 0 Å². The van der Waals surface area contributed by atoms with Gasteiger partial charge in [0.2, 0.25) is 0 Å². The van der Waals surface area contributed by atoms with Crippen LogP contribution in [0.15, 0.2) is 43.0 Å². The summed E-state index contributed by atoms with van der Waals surface area (Å²) in [5, 5.41) is -0.318. The summed E-state index contributed by atoms with van der Waals surface area (Å²) in [4.78, 5) is 18.5. The number of carbonyl (C=O) groups is 1. The van der Waals surface area contributed by atoms with Gasteiger partial charge in [0.25, 0.3) is 5.91 Å². The Balaban J connectivity index is 1.57. The quantitative estimate of drug-likeness (QED) is 0.761. The molecule has 1 aliphatic heterocycles. The van der Waals surface area contributed by atoms with Crippen molar-refractivity contribution in [3.8, 4) is 0 Å². The van der Waals surface area contributed by atoms with Gasteiger partial charge >= 0.3 is 0 Å². The number of aromatic nitrogens is 2. The van der Waals surface area contributed by atoms with E-state index in [0.717, 1.165) is 5.56 Å². The summed E-state index contributed by atoms with van der Waals surface area (Å²) in [7, 11) is -3.07. The van der Waals surface area contributed by atoms with Crippen molar-refractivity contribution in [2.75, 3.05) is 18.8 Å². The van der Waals surface area contributed by atoms with Gasteiger partial charge in [0, 0.05) is 37.6 Å². The van der Waals surface area contributed by atoms with Crippen LogP contribution in [0, 0.1) is 5.92 Å². The highest BCUT2D eigenvalue weighted by Gasteiger charge is 2.32. The zero-order valence-electron chi connectivity index (χ0n) is 15.9. The van der Waals surface area contributed by atoms with E-state index in [1.165, 1.54) is 0 Å². The summed E-state index contributed by atoms with van der Waals surface area (Å²) in [5.41, 5.74) is 1.75. The fourth-order valence-electron chi connectivity index (χ4n) is 3.55. The molecule has 1 amide bonds. The Morgan fingerprint density at radius 2 is 1.85 bits per heavy atom. The predicted molar refractivity (Wildman–Crippen MR) is 105 cm³/mol. The van der Waals surface area contributed by atoms with Gasteiger partial charge in [-0.05, 0) is 36.5 Å². The number of hydrogen-bond donors (Lipinski definition) is 0. The van der Waals surface area contributed by atoms with Gasteiger partial charge in [0.05, 0.1) is 17.3 Å². The van der Waals surface area contributed by atoms with E-state index in [-0.39, 0.29) is 22.8 Å². The lowest BCUT2D eigenvalue weighted by molar-refractivity contribution is 0.0725. The SMILES string of the molecule is CC(C)CS(=O)(=O)C1CCN(C(=O)c2ccc(Cn3ccnc3)cc2)CC1. The molecular formula is C20H27N3O3S. The maximum Gasteiger partial charge on any atom is 0.253 e. The molecule has 1 aromatic carbocycles. The summed E-state index contributed by atoms with van der Waals surface area (Å²) in [6.07, 6.45) is 6.45. The number of likely N-dealkylation sites (tertiary alicyclic amines) is 1. The molecule has 146 valence electrons. The molecule has 1 fully saturated rings. The smallest absolute Gasteiger partial charge is 0.253 e. The molecule has 27 heavy (non-hydrogen) atoms. The third-order valence-electron chi connectivity index (χ3n) is 4.93. The van der Waals surface area contributed by atoms with Gasteiger partial charge < -0.3 is 9.47 Å². The Morgan fingerprint density at radius 1 is 1.19 bits per heavy atom. The van der Waals surface area contributed by atoms with Crippen molar-refractivity contribution >= 4 is 15.7 Å². The van der Waals surface area contributed by atoms with Gasteiger partial charge in [0.15, 0.2) is 9.84 Å². The zero-order valence-corrected chi connectivity index (χ0v) is 16.7. The number of sulfone groups is 1. The number of nitrogens with zero attached hydrogens (tertiary/aromatic N) is 3. The first-order valence-electron chi connectivity index (χ1n) is 9.40. The Kier molecular flexibility index (Phi) is 5.99. The van der Waals surface area contributed by atoms with Crippen LogP contribution in [0.3, 0.4) is 0 Å². The monoisotopic (exact) mass is 389 g/mol. The number of benzene rings is 1. The molecule has 0 N–H and O–H groups in total. The van der Waals surface area contributed by atoms with E-state index in [0.29, 0.717) is 38.0 Å². The molecule has 0 spiro atoms. The molecule has 0 saturated carbocycles. The molecule has 0 aliphatic carbocycles. The Bertz CT molecular complexity index is 850. The van der Waals surface area contributed by atoms with Gasteiger partial charge in [-0.3, -0.25) is 4.79 Å². The average molecular weight is 390 g/mol. The molecule has 0 bridgehead atoms. The van der Waals surface area contributed by atoms with Crippen LogP contribution in [0.2, 0.25) is 0 Å². The van der Waals surface area contributed by atoms with Crippen molar-refractivity contribution in [3.63, 3.8) is 0 Å². The summed E-state index contributed by atoms with van der Waals surface area (Å²) in [5.74, 6) is 0.337. The lowest BCUT2D eigenvalue weighted by atomic mass is 10.1. The summed E-state index contributed by atoms with van der Waals surface area (Å²) in [6.45, 7) is 5.56. The van der Waals surface area contributed by atoms with E-state index in [1.807, 2.05) is 48.9 Å². The normalized spacial score (nSPS) is 16.0. The second-order valence-corrected chi connectivity index (χ2v) is 9.97. The summed E-state index contributed by atoms with van der Waals surface area (Å²) >= 11 is 0. The van der Waals surface area contributed by atoms with Crippen LogP contribution < -0.4 is 0 Å². The van der Waals surface area contributed by atoms with Crippen molar-refractivity contribution in [1.29, 1.82) is 0 Å². The minimum absolute atomic E-state index is 0.0242. The van der Waals surface area contributed by atoms with E-state index in [2.05, 4.69) is 4.98 Å². The van der Waals surface area contributed by atoms with Crippen molar-refractivity contribution in [2.24, 2.45) is 5.92 Å². The number of hydrogen-bond acceptors (Lipinski definition) is 4. The van der Waals surface area contributed by atoms with Crippen LogP contribution in [0.25, 0.3) is 0 Å². The molecule has 0 atom stereocenters. The lowest BCUT2D eigenvalue weighted by Gasteiger charge is -2.32. The standard InChI is InChI=1S/C20H27N3O3S/c1-16(2)14-27(25,26)19-7-10-23(11-8-19)20(24)18-5-3-17(4-6-18)13-22-12-9-21-15-22/h3-6,9,12,15-16,19H,7-8,10-11,13-14H2,1-2H3. The fraction of sp³-hybridized carbons (Fsp3) is 0.500. The van der Waals surface area contributed by atoms with E-state index in [9.17, 15) is 13.2 Å². The van der Waals surface area contributed by atoms with E-state index in [1.54, 1.807) is 17.4 Å². The second kappa shape index (κ2) is 8.25. The van der Waals surface area contributed by atoms with Crippen LogP contribution >= 0.6 is 0 Å². The maximum atomic E-state index is 12.7. The van der Waals surface area contributed by atoms with Crippen LogP contribution in [0.5, 0.6) is 0 Å². The highest BCUT2D eigenvalue weighted by atomic mass is 32.2. The molecule has 7 heteroatoms. The first-order valence-corrected chi connectivity index (χ1v) is 11.1. The fourth-order valence-corrected chi connectivity index (χ4v) is 5.68. The van der Waals surface area contributed by atoms with Crippen LogP contribution in [-0.2, 0) is 16.4 Å². The predicted octanol–water partition coefficient (Wildman–Crippen LogP) is 2.61. The molecule has 2 heterocycles. The second-order valence-electron chi connectivity index (χ2n) is 7.65. The topological polar surface area (TPSA) is 72.3 Å². The highest BCUT2D eigenvalue weighted by Crippen LogP contribution is 2.22. The first kappa shape index (κ1) is 19.6. The molecule has 1 aliphatic rings. The van der Waals surface area contributed by atoms with Crippen molar-refractivity contribution in [1.82, 2.24) is 14.5 Å². The zero-order chi connectivity index (χ0) is 19.4. The Labute approximate surface area is 161 Å². The number of imidazole rings is 1. The minimum Gasteiger partial charge on any atom is -0.339 e. The number of rotatable bonds is 6. The third-order valence-corrected chi connectivity index (χ3v) is 7.55.